The Morgan fingerprint density at radius 1 is 1.17 bits per heavy atom. The summed E-state index contributed by atoms with van der Waals surface area (Å²) in [6, 6.07) is 13.0. The lowest BCUT2D eigenvalue weighted by atomic mass is 9.99. The monoisotopic (exact) mass is 490 g/mol. The van der Waals surface area contributed by atoms with Crippen LogP contribution in [0.25, 0.3) is 0 Å². The molecule has 0 radical (unpaired) electrons. The lowest BCUT2D eigenvalue weighted by Crippen LogP contribution is -2.28. The fourth-order valence-electron chi connectivity index (χ4n) is 4.26. The Bertz CT molecular complexity index is 1190. The number of nitrogens with zero attached hydrogens (tertiary/aromatic N) is 2. The second-order valence-electron chi connectivity index (χ2n) is 9.16. The van der Waals surface area contributed by atoms with Gasteiger partial charge in [0.1, 0.15) is 18.2 Å². The SMILES string of the molecule is CC(C)c1nccn1CCCNC(=O)c1ccc2c(c1)Cc1cccc(c1)C(=O)NCCOCCO2. The molecule has 2 aromatic carbocycles. The van der Waals surface area contributed by atoms with Gasteiger partial charge in [-0.05, 0) is 47.9 Å². The fourth-order valence-corrected chi connectivity index (χ4v) is 4.26. The summed E-state index contributed by atoms with van der Waals surface area (Å²) >= 11 is 0. The maximum Gasteiger partial charge on any atom is 0.251 e. The number of benzene rings is 2. The minimum atomic E-state index is -0.127. The molecule has 1 aliphatic rings. The molecule has 2 heterocycles. The number of carbonyl (C=O) groups excluding carboxylic acids is 2. The molecule has 2 N–H and O–H groups in total. The summed E-state index contributed by atoms with van der Waals surface area (Å²) in [5.74, 6) is 1.88. The molecule has 0 unspecified atom stereocenters. The number of rotatable bonds is 6. The highest BCUT2D eigenvalue weighted by molar-refractivity contribution is 5.95. The quantitative estimate of drug-likeness (QED) is 0.516. The predicted molar refractivity (Wildman–Crippen MR) is 138 cm³/mol. The molecule has 1 aromatic heterocycles. The third kappa shape index (κ3) is 6.73. The van der Waals surface area contributed by atoms with E-state index in [1.54, 1.807) is 12.1 Å². The predicted octanol–water partition coefficient (Wildman–Crippen LogP) is 3.56. The topological polar surface area (TPSA) is 94.5 Å². The van der Waals surface area contributed by atoms with Crippen molar-refractivity contribution in [2.24, 2.45) is 0 Å². The van der Waals surface area contributed by atoms with Gasteiger partial charge in [0.2, 0.25) is 0 Å². The molecule has 190 valence electrons. The van der Waals surface area contributed by atoms with Crippen molar-refractivity contribution in [3.8, 4) is 5.75 Å². The summed E-state index contributed by atoms with van der Waals surface area (Å²) in [6.45, 7) is 7.28. The van der Waals surface area contributed by atoms with Crippen molar-refractivity contribution in [2.75, 3.05) is 32.9 Å². The molecule has 1 aliphatic heterocycles. The van der Waals surface area contributed by atoms with Crippen LogP contribution in [0, 0.1) is 0 Å². The van der Waals surface area contributed by atoms with Crippen molar-refractivity contribution in [2.45, 2.75) is 39.2 Å². The Morgan fingerprint density at radius 2 is 2.06 bits per heavy atom. The average molecular weight is 491 g/mol. The molecule has 2 bridgehead atoms. The van der Waals surface area contributed by atoms with E-state index in [0.717, 1.165) is 29.9 Å². The standard InChI is InChI=1S/C28H34N4O4/c1-20(2)26-29-10-13-32(26)12-4-9-30-28(34)23-7-8-25-24(19-23)18-21-5-3-6-22(17-21)27(33)31-11-14-35-15-16-36-25/h3,5-8,10,13,17,19-20H,4,9,11-12,14-16,18H2,1-2H3,(H,30,34)(H,31,33). The maximum atomic E-state index is 12.9. The Labute approximate surface area is 212 Å². The Kier molecular flexibility index (Phi) is 8.73. The molecular formula is C28H34N4O4. The number of hydrogen-bond donors (Lipinski definition) is 2. The van der Waals surface area contributed by atoms with E-state index in [2.05, 4.69) is 34.0 Å². The van der Waals surface area contributed by atoms with Gasteiger partial charge in [0, 0.05) is 55.5 Å². The largest absolute Gasteiger partial charge is 0.491 e. The zero-order valence-corrected chi connectivity index (χ0v) is 21.0. The van der Waals surface area contributed by atoms with E-state index in [-0.39, 0.29) is 11.8 Å². The highest BCUT2D eigenvalue weighted by atomic mass is 16.5. The third-order valence-electron chi connectivity index (χ3n) is 6.05. The lowest BCUT2D eigenvalue weighted by molar-refractivity contribution is 0.0865. The summed E-state index contributed by atoms with van der Waals surface area (Å²) in [7, 11) is 0. The minimum Gasteiger partial charge on any atom is -0.491 e. The smallest absolute Gasteiger partial charge is 0.251 e. The molecule has 8 heteroatoms. The minimum absolute atomic E-state index is 0.122. The van der Waals surface area contributed by atoms with Gasteiger partial charge < -0.3 is 24.7 Å². The molecule has 3 aromatic rings. The Balaban J connectivity index is 1.44. The van der Waals surface area contributed by atoms with Crippen LogP contribution < -0.4 is 15.4 Å². The van der Waals surface area contributed by atoms with Crippen LogP contribution in [0.4, 0.5) is 0 Å². The van der Waals surface area contributed by atoms with Crippen LogP contribution in [0.5, 0.6) is 5.75 Å². The first-order chi connectivity index (χ1) is 17.5. The molecule has 4 rings (SSSR count). The molecule has 8 nitrogen and oxygen atoms in total. The van der Waals surface area contributed by atoms with E-state index in [0.29, 0.717) is 62.1 Å². The third-order valence-corrected chi connectivity index (χ3v) is 6.05. The van der Waals surface area contributed by atoms with E-state index in [1.807, 2.05) is 42.7 Å². The number of amides is 2. The normalized spacial score (nSPS) is 14.4. The molecule has 0 atom stereocenters. The number of fused-ring (bicyclic) bond motifs is 3. The number of ether oxygens (including phenoxy) is 2. The molecule has 0 fully saturated rings. The van der Waals surface area contributed by atoms with Crippen molar-refractivity contribution >= 4 is 11.8 Å². The van der Waals surface area contributed by atoms with Gasteiger partial charge in [0.25, 0.3) is 11.8 Å². The van der Waals surface area contributed by atoms with Gasteiger partial charge in [-0.2, -0.15) is 0 Å². The summed E-state index contributed by atoms with van der Waals surface area (Å²) in [4.78, 5) is 29.8. The zero-order valence-electron chi connectivity index (χ0n) is 21.0. The Hall–Kier alpha value is -3.65. The van der Waals surface area contributed by atoms with Gasteiger partial charge in [0.15, 0.2) is 0 Å². The molecule has 0 saturated heterocycles. The number of imidazole rings is 1. The summed E-state index contributed by atoms with van der Waals surface area (Å²) in [6.07, 6.45) is 5.15. The number of aryl methyl sites for hydroxylation is 1. The number of hydrogen-bond acceptors (Lipinski definition) is 5. The number of aromatic nitrogens is 2. The van der Waals surface area contributed by atoms with Crippen LogP contribution >= 0.6 is 0 Å². The molecule has 0 spiro atoms. The first-order valence-corrected chi connectivity index (χ1v) is 12.5. The van der Waals surface area contributed by atoms with Crippen LogP contribution in [0.15, 0.2) is 54.9 Å². The molecule has 36 heavy (non-hydrogen) atoms. The van der Waals surface area contributed by atoms with Gasteiger partial charge in [-0.3, -0.25) is 9.59 Å². The number of nitrogens with one attached hydrogen (secondary N) is 2. The van der Waals surface area contributed by atoms with Crippen LogP contribution in [-0.2, 0) is 17.7 Å². The van der Waals surface area contributed by atoms with Crippen LogP contribution in [0.2, 0.25) is 0 Å². The summed E-state index contributed by atoms with van der Waals surface area (Å²) in [5.41, 5.74) is 3.03. The number of carbonyl (C=O) groups is 2. The highest BCUT2D eigenvalue weighted by Gasteiger charge is 2.14. The van der Waals surface area contributed by atoms with Crippen molar-refractivity contribution < 1.29 is 19.1 Å². The van der Waals surface area contributed by atoms with Crippen molar-refractivity contribution in [3.05, 3.63) is 82.9 Å². The van der Waals surface area contributed by atoms with E-state index in [4.69, 9.17) is 9.47 Å². The maximum absolute atomic E-state index is 12.9. The van der Waals surface area contributed by atoms with Crippen molar-refractivity contribution in [3.63, 3.8) is 0 Å². The van der Waals surface area contributed by atoms with Crippen molar-refractivity contribution in [1.82, 2.24) is 20.2 Å². The average Bonchev–Trinajstić information content (AvgIpc) is 3.35. The molecule has 0 saturated carbocycles. The molecule has 2 amide bonds. The van der Waals surface area contributed by atoms with E-state index in [9.17, 15) is 9.59 Å². The summed E-state index contributed by atoms with van der Waals surface area (Å²) in [5, 5.41) is 5.89. The van der Waals surface area contributed by atoms with Gasteiger partial charge in [-0.15, -0.1) is 0 Å². The zero-order chi connectivity index (χ0) is 25.3. The van der Waals surface area contributed by atoms with E-state index >= 15 is 0 Å². The van der Waals surface area contributed by atoms with Crippen molar-refractivity contribution in [1.29, 1.82) is 0 Å². The molecule has 0 aliphatic carbocycles. The van der Waals surface area contributed by atoms with Gasteiger partial charge in [-0.1, -0.05) is 26.0 Å². The van der Waals surface area contributed by atoms with E-state index in [1.165, 1.54) is 0 Å². The highest BCUT2D eigenvalue weighted by Crippen LogP contribution is 2.24. The van der Waals surface area contributed by atoms with E-state index < -0.39 is 0 Å². The second-order valence-corrected chi connectivity index (χ2v) is 9.16. The fraction of sp³-hybridized carbons (Fsp3) is 0.393. The van der Waals surface area contributed by atoms with Crippen LogP contribution in [0.3, 0.4) is 0 Å². The van der Waals surface area contributed by atoms with Gasteiger partial charge in [-0.25, -0.2) is 4.98 Å². The van der Waals surface area contributed by atoms with Crippen LogP contribution in [-0.4, -0.2) is 54.3 Å². The second kappa shape index (κ2) is 12.4. The first kappa shape index (κ1) is 25.4. The first-order valence-electron chi connectivity index (χ1n) is 12.5. The Morgan fingerprint density at radius 3 is 2.92 bits per heavy atom. The van der Waals surface area contributed by atoms with Crippen LogP contribution in [0.1, 0.15) is 63.9 Å². The lowest BCUT2D eigenvalue weighted by Gasteiger charge is -2.15. The van der Waals surface area contributed by atoms with Gasteiger partial charge >= 0.3 is 0 Å². The summed E-state index contributed by atoms with van der Waals surface area (Å²) < 4.78 is 13.7. The molecular weight excluding hydrogens is 456 g/mol. The van der Waals surface area contributed by atoms with Gasteiger partial charge in [0.05, 0.1) is 13.2 Å².